The molecule has 0 aromatic heterocycles. The molecule has 5 heteroatoms. The fraction of sp³-hybridized carbons (Fsp3) is 0.250. The molecule has 0 bridgehead atoms. The molecule has 0 saturated heterocycles. The molecule has 1 N–H and O–H groups in total. The van der Waals surface area contributed by atoms with E-state index < -0.39 is 0 Å². The minimum absolute atomic E-state index is 0.158. The predicted octanol–water partition coefficient (Wildman–Crippen LogP) is 4.69. The van der Waals surface area contributed by atoms with E-state index in [0.717, 1.165) is 18.5 Å². The zero-order valence-electron chi connectivity index (χ0n) is 11.4. The van der Waals surface area contributed by atoms with E-state index in [1.54, 1.807) is 12.1 Å². The van der Waals surface area contributed by atoms with Gasteiger partial charge in [-0.3, -0.25) is 10.1 Å². The lowest BCUT2D eigenvalue weighted by molar-refractivity contribution is -0.385. The molecule has 1 atom stereocenters. The van der Waals surface area contributed by atoms with E-state index in [4.69, 9.17) is 0 Å². The SMILES string of the molecule is O=[N+]([O-])c1ccc(NC2CCCc3ccccc32)cc1I. The van der Waals surface area contributed by atoms with Crippen LogP contribution in [0.25, 0.3) is 0 Å². The van der Waals surface area contributed by atoms with E-state index in [9.17, 15) is 10.1 Å². The number of hydrogen-bond donors (Lipinski definition) is 1. The van der Waals surface area contributed by atoms with Crippen molar-refractivity contribution in [3.63, 3.8) is 0 Å². The Morgan fingerprint density at radius 1 is 1.24 bits per heavy atom. The van der Waals surface area contributed by atoms with Gasteiger partial charge in [0.15, 0.2) is 0 Å². The molecule has 0 amide bonds. The van der Waals surface area contributed by atoms with Crippen molar-refractivity contribution in [1.29, 1.82) is 0 Å². The Labute approximate surface area is 136 Å². The summed E-state index contributed by atoms with van der Waals surface area (Å²) < 4.78 is 0.659. The highest BCUT2D eigenvalue weighted by molar-refractivity contribution is 14.1. The summed E-state index contributed by atoms with van der Waals surface area (Å²) in [6.45, 7) is 0. The monoisotopic (exact) mass is 394 g/mol. The Morgan fingerprint density at radius 2 is 2.05 bits per heavy atom. The molecule has 3 rings (SSSR count). The van der Waals surface area contributed by atoms with Crippen molar-refractivity contribution in [1.82, 2.24) is 0 Å². The summed E-state index contributed by atoms with van der Waals surface area (Å²) in [6.07, 6.45) is 3.38. The molecule has 0 spiro atoms. The quantitative estimate of drug-likeness (QED) is 0.467. The zero-order chi connectivity index (χ0) is 14.8. The average molecular weight is 394 g/mol. The molecule has 2 aromatic rings. The van der Waals surface area contributed by atoms with Crippen LogP contribution in [0.15, 0.2) is 42.5 Å². The van der Waals surface area contributed by atoms with E-state index in [2.05, 4.69) is 29.6 Å². The van der Waals surface area contributed by atoms with E-state index in [-0.39, 0.29) is 16.7 Å². The lowest BCUT2D eigenvalue weighted by Gasteiger charge is -2.27. The van der Waals surface area contributed by atoms with E-state index in [0.29, 0.717) is 3.57 Å². The first-order chi connectivity index (χ1) is 10.1. The number of halogens is 1. The van der Waals surface area contributed by atoms with Gasteiger partial charge < -0.3 is 5.32 Å². The van der Waals surface area contributed by atoms with Crippen molar-refractivity contribution in [2.75, 3.05) is 5.32 Å². The van der Waals surface area contributed by atoms with E-state index in [1.165, 1.54) is 17.5 Å². The molecule has 0 radical (unpaired) electrons. The molecule has 0 aliphatic heterocycles. The lowest BCUT2D eigenvalue weighted by Crippen LogP contribution is -2.17. The van der Waals surface area contributed by atoms with E-state index >= 15 is 0 Å². The largest absolute Gasteiger partial charge is 0.378 e. The van der Waals surface area contributed by atoms with Crippen molar-refractivity contribution < 1.29 is 4.92 Å². The van der Waals surface area contributed by atoms with Crippen LogP contribution in [0, 0.1) is 13.7 Å². The highest BCUT2D eigenvalue weighted by Gasteiger charge is 2.20. The molecule has 1 unspecified atom stereocenters. The van der Waals surface area contributed by atoms with Crippen LogP contribution in [0.1, 0.15) is 30.0 Å². The molecule has 0 fully saturated rings. The van der Waals surface area contributed by atoms with Gasteiger partial charge in [-0.1, -0.05) is 24.3 Å². The third-order valence-electron chi connectivity index (χ3n) is 3.85. The van der Waals surface area contributed by atoms with Crippen LogP contribution >= 0.6 is 22.6 Å². The molecule has 0 saturated carbocycles. The van der Waals surface area contributed by atoms with Gasteiger partial charge in [0.25, 0.3) is 5.69 Å². The number of nitrogens with one attached hydrogen (secondary N) is 1. The standard InChI is InChI=1S/C16H15IN2O2/c17-14-10-12(8-9-16(14)19(20)21)18-15-7-3-5-11-4-1-2-6-13(11)15/h1-2,4,6,8-10,15,18H,3,5,7H2. The van der Waals surface area contributed by atoms with Gasteiger partial charge in [-0.25, -0.2) is 0 Å². The topological polar surface area (TPSA) is 55.2 Å². The van der Waals surface area contributed by atoms with Crippen LogP contribution in [-0.4, -0.2) is 4.92 Å². The summed E-state index contributed by atoms with van der Waals surface area (Å²) in [5.74, 6) is 0. The van der Waals surface area contributed by atoms with Crippen molar-refractivity contribution in [2.45, 2.75) is 25.3 Å². The van der Waals surface area contributed by atoms with Crippen molar-refractivity contribution >= 4 is 34.0 Å². The minimum Gasteiger partial charge on any atom is -0.378 e. The summed E-state index contributed by atoms with van der Waals surface area (Å²) in [7, 11) is 0. The first kappa shape index (κ1) is 14.3. The fourth-order valence-electron chi connectivity index (χ4n) is 2.85. The normalized spacial score (nSPS) is 17.1. The highest BCUT2D eigenvalue weighted by atomic mass is 127. The molecule has 21 heavy (non-hydrogen) atoms. The summed E-state index contributed by atoms with van der Waals surface area (Å²) in [6, 6.07) is 14.0. The maximum Gasteiger partial charge on any atom is 0.282 e. The molecule has 4 nitrogen and oxygen atoms in total. The number of nitrogens with zero attached hydrogens (tertiary/aromatic N) is 1. The number of aryl methyl sites for hydroxylation is 1. The molecule has 2 aromatic carbocycles. The number of nitro groups is 1. The van der Waals surface area contributed by atoms with Gasteiger partial charge in [-0.05, 0) is 65.1 Å². The Hall–Kier alpha value is -1.63. The molecule has 0 heterocycles. The highest BCUT2D eigenvalue weighted by Crippen LogP contribution is 2.33. The number of fused-ring (bicyclic) bond motifs is 1. The Kier molecular flexibility index (Phi) is 4.10. The van der Waals surface area contributed by atoms with E-state index in [1.807, 2.05) is 28.7 Å². The first-order valence-electron chi connectivity index (χ1n) is 6.93. The number of anilines is 1. The summed E-state index contributed by atoms with van der Waals surface area (Å²) >= 11 is 2.01. The van der Waals surface area contributed by atoms with Gasteiger partial charge in [-0.2, -0.15) is 0 Å². The minimum atomic E-state index is -0.346. The third-order valence-corrected chi connectivity index (χ3v) is 4.72. The van der Waals surface area contributed by atoms with Crippen molar-refractivity contribution in [3.8, 4) is 0 Å². The van der Waals surface area contributed by atoms with Gasteiger partial charge >= 0.3 is 0 Å². The van der Waals surface area contributed by atoms with Crippen LogP contribution in [0.2, 0.25) is 0 Å². The summed E-state index contributed by atoms with van der Waals surface area (Å²) in [5, 5.41) is 14.4. The van der Waals surface area contributed by atoms with Crippen LogP contribution in [0.3, 0.4) is 0 Å². The van der Waals surface area contributed by atoms with Gasteiger partial charge in [0.2, 0.25) is 0 Å². The second-order valence-corrected chi connectivity index (χ2v) is 6.37. The Morgan fingerprint density at radius 3 is 2.81 bits per heavy atom. The molecular weight excluding hydrogens is 379 g/mol. The first-order valence-corrected chi connectivity index (χ1v) is 8.01. The lowest BCUT2D eigenvalue weighted by atomic mass is 9.87. The summed E-state index contributed by atoms with van der Waals surface area (Å²) in [5.41, 5.74) is 3.84. The molecular formula is C16H15IN2O2. The van der Waals surface area contributed by atoms with Crippen molar-refractivity contribution in [3.05, 3.63) is 67.3 Å². The van der Waals surface area contributed by atoms with Crippen LogP contribution in [0.5, 0.6) is 0 Å². The fourth-order valence-corrected chi connectivity index (χ4v) is 3.56. The number of benzene rings is 2. The summed E-state index contributed by atoms with van der Waals surface area (Å²) in [4.78, 5) is 10.5. The van der Waals surface area contributed by atoms with Gasteiger partial charge in [0.1, 0.15) is 0 Å². The second kappa shape index (κ2) is 6.01. The molecule has 1 aliphatic carbocycles. The Balaban J connectivity index is 1.85. The number of hydrogen-bond acceptors (Lipinski definition) is 3. The smallest absolute Gasteiger partial charge is 0.282 e. The molecule has 108 valence electrons. The predicted molar refractivity (Wildman–Crippen MR) is 91.6 cm³/mol. The second-order valence-electron chi connectivity index (χ2n) is 5.21. The Bertz CT molecular complexity index is 688. The average Bonchev–Trinajstić information content (AvgIpc) is 2.47. The zero-order valence-corrected chi connectivity index (χ0v) is 13.5. The maximum absolute atomic E-state index is 10.9. The van der Waals surface area contributed by atoms with Gasteiger partial charge in [0.05, 0.1) is 14.5 Å². The van der Waals surface area contributed by atoms with Crippen molar-refractivity contribution in [2.24, 2.45) is 0 Å². The number of nitro benzene ring substituents is 1. The van der Waals surface area contributed by atoms with Crippen LogP contribution < -0.4 is 5.32 Å². The van der Waals surface area contributed by atoms with Crippen LogP contribution in [-0.2, 0) is 6.42 Å². The maximum atomic E-state index is 10.9. The van der Waals surface area contributed by atoms with Gasteiger partial charge in [-0.15, -0.1) is 0 Å². The van der Waals surface area contributed by atoms with Gasteiger partial charge in [0, 0.05) is 11.8 Å². The molecule has 1 aliphatic rings. The van der Waals surface area contributed by atoms with Crippen LogP contribution in [0.4, 0.5) is 11.4 Å². The number of rotatable bonds is 3. The third kappa shape index (κ3) is 3.02.